The van der Waals surface area contributed by atoms with Gasteiger partial charge in [-0.05, 0) is 36.5 Å². The Balaban J connectivity index is 1.81. The fourth-order valence-electron chi connectivity index (χ4n) is 3.38. The fraction of sp³-hybridized carbons (Fsp3) is 0.435. The maximum absolute atomic E-state index is 6.35. The number of thiocarbonyl (C=S) groups is 1. The van der Waals surface area contributed by atoms with Crippen LogP contribution in [0.2, 0.25) is 0 Å². The van der Waals surface area contributed by atoms with E-state index in [1.807, 2.05) is 73.8 Å². The number of hydrogen-bond acceptors (Lipinski definition) is 7. The first-order chi connectivity index (χ1) is 14.6. The Bertz CT molecular complexity index is 774. The van der Waals surface area contributed by atoms with Gasteiger partial charge in [0, 0.05) is 7.11 Å². The number of ether oxygens (including phenoxy) is 5. The molecule has 5 nitrogen and oxygen atoms in total. The van der Waals surface area contributed by atoms with Crippen molar-refractivity contribution in [1.29, 1.82) is 0 Å². The largest absolute Gasteiger partial charge is 0.470 e. The van der Waals surface area contributed by atoms with E-state index in [-0.39, 0.29) is 6.10 Å². The van der Waals surface area contributed by atoms with Crippen LogP contribution >= 0.6 is 24.0 Å². The van der Waals surface area contributed by atoms with Gasteiger partial charge in [-0.15, -0.1) is 0 Å². The van der Waals surface area contributed by atoms with Gasteiger partial charge in [0.05, 0.1) is 19.3 Å². The summed E-state index contributed by atoms with van der Waals surface area (Å²) in [5.74, 6) is 0. The Morgan fingerprint density at radius 2 is 1.43 bits per heavy atom. The van der Waals surface area contributed by atoms with Gasteiger partial charge in [0.1, 0.15) is 12.2 Å². The lowest BCUT2D eigenvalue weighted by Gasteiger charge is -2.44. The quantitative estimate of drug-likeness (QED) is 0.548. The fourth-order valence-corrected chi connectivity index (χ4v) is 3.70. The second kappa shape index (κ2) is 11.8. The minimum Gasteiger partial charge on any atom is -0.470 e. The lowest BCUT2D eigenvalue weighted by atomic mass is 9.99. The van der Waals surface area contributed by atoms with E-state index in [0.29, 0.717) is 17.6 Å². The third kappa shape index (κ3) is 6.26. The first-order valence-electron chi connectivity index (χ1n) is 9.86. The molecule has 0 N–H and O–H groups in total. The van der Waals surface area contributed by atoms with Gasteiger partial charge in [-0.1, -0.05) is 72.4 Å². The molecule has 0 aromatic heterocycles. The molecule has 2 aromatic carbocycles. The molecular formula is C23H28O5S2. The summed E-state index contributed by atoms with van der Waals surface area (Å²) in [4.78, 5) is 0. The van der Waals surface area contributed by atoms with Crippen molar-refractivity contribution in [2.75, 3.05) is 13.4 Å². The lowest BCUT2D eigenvalue weighted by molar-refractivity contribution is -0.304. The Morgan fingerprint density at radius 1 is 0.900 bits per heavy atom. The van der Waals surface area contributed by atoms with Gasteiger partial charge in [0.2, 0.25) is 4.38 Å². The Hall–Kier alpha value is -1.48. The Kier molecular flexibility index (Phi) is 9.11. The smallest absolute Gasteiger partial charge is 0.220 e. The van der Waals surface area contributed by atoms with Crippen molar-refractivity contribution in [3.63, 3.8) is 0 Å². The molecule has 1 aliphatic rings. The Morgan fingerprint density at radius 3 is 1.93 bits per heavy atom. The highest BCUT2D eigenvalue weighted by Crippen LogP contribution is 2.30. The van der Waals surface area contributed by atoms with Gasteiger partial charge in [0.25, 0.3) is 0 Å². The number of methoxy groups -OCH3 is 1. The molecule has 1 unspecified atom stereocenters. The molecule has 0 saturated carbocycles. The molecule has 5 atom stereocenters. The topological polar surface area (TPSA) is 46.2 Å². The molecule has 3 rings (SSSR count). The van der Waals surface area contributed by atoms with Crippen molar-refractivity contribution in [3.05, 3.63) is 71.8 Å². The van der Waals surface area contributed by atoms with Gasteiger partial charge in [-0.25, -0.2) is 0 Å². The number of benzene rings is 2. The molecule has 162 valence electrons. The summed E-state index contributed by atoms with van der Waals surface area (Å²) >= 11 is 6.70. The molecule has 7 heteroatoms. The van der Waals surface area contributed by atoms with E-state index in [4.69, 9.17) is 35.9 Å². The highest BCUT2D eigenvalue weighted by atomic mass is 32.2. The van der Waals surface area contributed by atoms with Gasteiger partial charge < -0.3 is 23.7 Å². The van der Waals surface area contributed by atoms with Crippen LogP contribution in [0.1, 0.15) is 18.1 Å². The minimum absolute atomic E-state index is 0.280. The number of thioether (sulfide) groups is 1. The van der Waals surface area contributed by atoms with Gasteiger partial charge in [-0.3, -0.25) is 0 Å². The summed E-state index contributed by atoms with van der Waals surface area (Å²) in [6, 6.07) is 20.0. The second-order valence-corrected chi connectivity index (χ2v) is 8.41. The minimum atomic E-state index is -0.577. The normalized spacial score (nSPS) is 26.3. The molecule has 1 fully saturated rings. The maximum Gasteiger partial charge on any atom is 0.220 e. The van der Waals surface area contributed by atoms with Crippen molar-refractivity contribution in [2.45, 2.75) is 50.8 Å². The molecule has 0 aliphatic carbocycles. The molecular weight excluding hydrogens is 420 g/mol. The van der Waals surface area contributed by atoms with Crippen molar-refractivity contribution < 1.29 is 23.7 Å². The molecule has 1 aliphatic heterocycles. The van der Waals surface area contributed by atoms with Crippen LogP contribution in [0.5, 0.6) is 0 Å². The summed E-state index contributed by atoms with van der Waals surface area (Å²) < 4.78 is 30.8. The molecule has 1 saturated heterocycles. The summed E-state index contributed by atoms with van der Waals surface area (Å²) in [6.45, 7) is 2.77. The molecule has 0 spiro atoms. The lowest BCUT2D eigenvalue weighted by Crippen LogP contribution is -2.60. The summed E-state index contributed by atoms with van der Waals surface area (Å²) in [7, 11) is 1.61. The van der Waals surface area contributed by atoms with Crippen molar-refractivity contribution in [3.8, 4) is 0 Å². The van der Waals surface area contributed by atoms with Crippen LogP contribution in [0, 0.1) is 0 Å². The zero-order valence-electron chi connectivity index (χ0n) is 17.4. The number of hydrogen-bond donors (Lipinski definition) is 0. The predicted octanol–water partition coefficient (Wildman–Crippen LogP) is 4.58. The van der Waals surface area contributed by atoms with Crippen LogP contribution in [-0.2, 0) is 36.9 Å². The van der Waals surface area contributed by atoms with E-state index in [0.717, 1.165) is 11.1 Å². The standard InChI is InChI=1S/C23H28O5S2/c1-16-19(28-23(29)30-3)20(25-14-17-10-6-4-7-11-17)21(22(24-2)27-16)26-15-18-12-8-5-9-13-18/h4-13,16,19-22H,14-15H2,1-3H3/t16-,19+,20+,21-,22?/m0/s1. The monoisotopic (exact) mass is 448 g/mol. The molecule has 2 aromatic rings. The van der Waals surface area contributed by atoms with Crippen LogP contribution in [0.15, 0.2) is 60.7 Å². The first kappa shape index (κ1) is 23.2. The summed E-state index contributed by atoms with van der Waals surface area (Å²) in [5, 5.41) is 0. The summed E-state index contributed by atoms with van der Waals surface area (Å²) in [5.41, 5.74) is 2.13. The van der Waals surface area contributed by atoms with Crippen LogP contribution in [0.3, 0.4) is 0 Å². The predicted molar refractivity (Wildman–Crippen MR) is 122 cm³/mol. The maximum atomic E-state index is 6.35. The van der Waals surface area contributed by atoms with Gasteiger partial charge >= 0.3 is 0 Å². The highest BCUT2D eigenvalue weighted by molar-refractivity contribution is 8.22. The van der Waals surface area contributed by atoms with E-state index >= 15 is 0 Å². The van der Waals surface area contributed by atoms with Crippen LogP contribution in [-0.4, -0.2) is 48.5 Å². The average molecular weight is 449 g/mol. The van der Waals surface area contributed by atoms with E-state index in [2.05, 4.69) is 0 Å². The Labute approximate surface area is 188 Å². The average Bonchev–Trinajstić information content (AvgIpc) is 2.79. The van der Waals surface area contributed by atoms with E-state index in [9.17, 15) is 0 Å². The molecule has 0 bridgehead atoms. The number of rotatable bonds is 8. The molecule has 0 radical (unpaired) electrons. The molecule has 30 heavy (non-hydrogen) atoms. The van der Waals surface area contributed by atoms with Crippen LogP contribution < -0.4 is 0 Å². The second-order valence-electron chi connectivity index (χ2n) is 7.00. The van der Waals surface area contributed by atoms with Crippen molar-refractivity contribution in [2.24, 2.45) is 0 Å². The highest BCUT2D eigenvalue weighted by Gasteiger charge is 2.48. The van der Waals surface area contributed by atoms with Crippen molar-refractivity contribution >= 4 is 28.4 Å². The third-order valence-corrected chi connectivity index (χ3v) is 5.95. The van der Waals surface area contributed by atoms with E-state index in [1.165, 1.54) is 11.8 Å². The SMILES string of the molecule is COC1O[C@@H](C)[C@@H](OC(=S)SC)[C@@H](OCc2ccccc2)[C@@H]1OCc1ccccc1. The molecule has 1 heterocycles. The first-order valence-corrected chi connectivity index (χ1v) is 11.5. The zero-order chi connectivity index (χ0) is 21.3. The third-order valence-electron chi connectivity index (χ3n) is 4.93. The molecule has 0 amide bonds. The summed E-state index contributed by atoms with van der Waals surface area (Å²) in [6.07, 6.45) is -0.291. The van der Waals surface area contributed by atoms with E-state index in [1.54, 1.807) is 7.11 Å². The van der Waals surface area contributed by atoms with E-state index < -0.39 is 24.6 Å². The van der Waals surface area contributed by atoms with Gasteiger partial charge in [-0.2, -0.15) is 0 Å². The van der Waals surface area contributed by atoms with Gasteiger partial charge in [0.15, 0.2) is 12.4 Å². The van der Waals surface area contributed by atoms with Crippen LogP contribution in [0.25, 0.3) is 0 Å². The van der Waals surface area contributed by atoms with Crippen molar-refractivity contribution in [1.82, 2.24) is 0 Å². The van der Waals surface area contributed by atoms with Crippen LogP contribution in [0.4, 0.5) is 0 Å². The zero-order valence-corrected chi connectivity index (χ0v) is 19.1.